The fourth-order valence-corrected chi connectivity index (χ4v) is 2.89. The van der Waals surface area contributed by atoms with Crippen molar-refractivity contribution in [2.24, 2.45) is 5.92 Å². The first kappa shape index (κ1) is 15.6. The van der Waals surface area contributed by atoms with Gasteiger partial charge in [-0.25, -0.2) is 4.79 Å². The Balaban J connectivity index is 1.66. The van der Waals surface area contributed by atoms with E-state index in [0.717, 1.165) is 31.8 Å². The summed E-state index contributed by atoms with van der Waals surface area (Å²) in [5, 5.41) is 0. The number of rotatable bonds is 3. The molecule has 4 nitrogen and oxygen atoms in total. The number of carbonyl (C=O) groups is 1. The van der Waals surface area contributed by atoms with Gasteiger partial charge in [0, 0.05) is 13.1 Å². The van der Waals surface area contributed by atoms with Crippen LogP contribution in [0.2, 0.25) is 0 Å². The van der Waals surface area contributed by atoms with Crippen molar-refractivity contribution in [2.75, 3.05) is 13.1 Å². The Kier molecular flexibility index (Phi) is 4.95. The molecule has 2 fully saturated rings. The fraction of sp³-hybridized carbons (Fsp3) is 0.938. The van der Waals surface area contributed by atoms with Gasteiger partial charge in [0.15, 0.2) is 0 Å². The first-order chi connectivity index (χ1) is 9.37. The zero-order valence-corrected chi connectivity index (χ0v) is 13.4. The van der Waals surface area contributed by atoms with E-state index in [2.05, 4.69) is 6.92 Å². The Hall–Kier alpha value is -0.770. The van der Waals surface area contributed by atoms with E-state index in [9.17, 15) is 4.79 Å². The lowest BCUT2D eigenvalue weighted by Crippen LogP contribution is -2.45. The number of carbonyl (C=O) groups excluding carboxylic acids is 1. The number of likely N-dealkylation sites (tertiary alicyclic amines) is 1. The average Bonchev–Trinajstić information content (AvgIpc) is 2.31. The average molecular weight is 283 g/mol. The van der Waals surface area contributed by atoms with Crippen molar-refractivity contribution < 1.29 is 14.3 Å². The molecule has 0 radical (unpaired) electrons. The predicted octanol–water partition coefficient (Wildman–Crippen LogP) is 3.59. The van der Waals surface area contributed by atoms with Crippen LogP contribution in [-0.4, -0.2) is 41.9 Å². The Bertz CT molecular complexity index is 323. The molecule has 1 saturated carbocycles. The summed E-state index contributed by atoms with van der Waals surface area (Å²) in [5.41, 5.74) is -0.411. The molecule has 1 amide bonds. The maximum Gasteiger partial charge on any atom is 0.410 e. The van der Waals surface area contributed by atoms with Gasteiger partial charge < -0.3 is 14.4 Å². The highest BCUT2D eigenvalue weighted by Gasteiger charge is 2.33. The molecule has 0 N–H and O–H groups in total. The molecule has 20 heavy (non-hydrogen) atoms. The predicted molar refractivity (Wildman–Crippen MR) is 78.7 cm³/mol. The van der Waals surface area contributed by atoms with Crippen LogP contribution >= 0.6 is 0 Å². The molecule has 1 aliphatic carbocycles. The molecule has 0 bridgehead atoms. The van der Waals surface area contributed by atoms with E-state index in [0.29, 0.717) is 12.2 Å². The molecular weight excluding hydrogens is 254 g/mol. The number of piperidine rings is 1. The molecule has 2 rings (SSSR count). The largest absolute Gasteiger partial charge is 0.444 e. The number of ether oxygens (including phenoxy) is 2. The quantitative estimate of drug-likeness (QED) is 0.794. The summed E-state index contributed by atoms with van der Waals surface area (Å²) in [6.07, 6.45) is 6.21. The molecule has 1 aliphatic heterocycles. The Labute approximate surface area is 122 Å². The van der Waals surface area contributed by atoms with E-state index >= 15 is 0 Å². The third-order valence-electron chi connectivity index (χ3n) is 4.25. The van der Waals surface area contributed by atoms with Gasteiger partial charge in [0.05, 0.1) is 12.2 Å². The van der Waals surface area contributed by atoms with Crippen molar-refractivity contribution in [3.63, 3.8) is 0 Å². The minimum atomic E-state index is -0.411. The summed E-state index contributed by atoms with van der Waals surface area (Å²) in [4.78, 5) is 13.8. The minimum absolute atomic E-state index is 0.189. The van der Waals surface area contributed by atoms with Crippen molar-refractivity contribution in [1.82, 2.24) is 4.90 Å². The van der Waals surface area contributed by atoms with Gasteiger partial charge in [0.1, 0.15) is 5.60 Å². The fourth-order valence-electron chi connectivity index (χ4n) is 2.89. The van der Waals surface area contributed by atoms with E-state index in [4.69, 9.17) is 9.47 Å². The monoisotopic (exact) mass is 283 g/mol. The van der Waals surface area contributed by atoms with Crippen LogP contribution in [0.1, 0.15) is 59.8 Å². The van der Waals surface area contributed by atoms with Crippen molar-refractivity contribution in [2.45, 2.75) is 77.6 Å². The lowest BCUT2D eigenvalue weighted by Gasteiger charge is -2.40. The van der Waals surface area contributed by atoms with Crippen LogP contribution in [0.5, 0.6) is 0 Å². The molecule has 1 heterocycles. The number of amides is 1. The second-order valence-corrected chi connectivity index (χ2v) is 7.17. The van der Waals surface area contributed by atoms with E-state index in [-0.39, 0.29) is 6.09 Å². The normalized spacial score (nSPS) is 28.1. The zero-order valence-electron chi connectivity index (χ0n) is 13.4. The Morgan fingerprint density at radius 1 is 1.15 bits per heavy atom. The number of nitrogens with zero attached hydrogens (tertiary/aromatic N) is 1. The van der Waals surface area contributed by atoms with Gasteiger partial charge in [-0.3, -0.25) is 0 Å². The molecule has 116 valence electrons. The summed E-state index contributed by atoms with van der Waals surface area (Å²) in [7, 11) is 0. The van der Waals surface area contributed by atoms with Crippen molar-refractivity contribution in [3.8, 4) is 0 Å². The first-order valence-electron chi connectivity index (χ1n) is 8.00. The van der Waals surface area contributed by atoms with Gasteiger partial charge in [-0.1, -0.05) is 13.3 Å². The molecule has 0 aromatic heterocycles. The van der Waals surface area contributed by atoms with Crippen LogP contribution in [0.15, 0.2) is 0 Å². The van der Waals surface area contributed by atoms with Gasteiger partial charge >= 0.3 is 6.09 Å². The summed E-state index contributed by atoms with van der Waals surface area (Å²) in [6, 6.07) is 0. The molecule has 2 aliphatic rings. The highest BCUT2D eigenvalue weighted by atomic mass is 16.6. The van der Waals surface area contributed by atoms with E-state index in [1.807, 2.05) is 20.8 Å². The van der Waals surface area contributed by atoms with Crippen LogP contribution in [0.3, 0.4) is 0 Å². The molecule has 4 heteroatoms. The van der Waals surface area contributed by atoms with E-state index in [1.54, 1.807) is 4.90 Å². The lowest BCUT2D eigenvalue weighted by molar-refractivity contribution is -0.0939. The number of hydrogen-bond donors (Lipinski definition) is 0. The minimum Gasteiger partial charge on any atom is -0.444 e. The zero-order chi connectivity index (χ0) is 14.8. The van der Waals surface area contributed by atoms with Crippen molar-refractivity contribution in [3.05, 3.63) is 0 Å². The maximum absolute atomic E-state index is 12.0. The van der Waals surface area contributed by atoms with E-state index in [1.165, 1.54) is 19.3 Å². The topological polar surface area (TPSA) is 38.8 Å². The third-order valence-corrected chi connectivity index (χ3v) is 4.25. The Morgan fingerprint density at radius 2 is 1.75 bits per heavy atom. The van der Waals surface area contributed by atoms with Crippen molar-refractivity contribution in [1.29, 1.82) is 0 Å². The molecule has 0 spiro atoms. The molecule has 0 unspecified atom stereocenters. The summed E-state index contributed by atoms with van der Waals surface area (Å²) in [6.45, 7) is 9.47. The molecule has 0 aromatic carbocycles. The summed E-state index contributed by atoms with van der Waals surface area (Å²) < 4.78 is 11.5. The van der Waals surface area contributed by atoms with Crippen molar-refractivity contribution >= 4 is 6.09 Å². The van der Waals surface area contributed by atoms with Gasteiger partial charge in [-0.15, -0.1) is 0 Å². The lowest BCUT2D eigenvalue weighted by atomic mass is 9.80. The maximum atomic E-state index is 12.0. The standard InChI is InChI=1S/C16H29NO3/c1-5-12-10-14(11-12)19-13-6-8-17(9-7-13)15(18)20-16(2,3)4/h12-14H,5-11H2,1-4H3. The van der Waals surface area contributed by atoms with E-state index < -0.39 is 5.60 Å². The third kappa shape index (κ3) is 4.37. The van der Waals surface area contributed by atoms with Crippen LogP contribution in [-0.2, 0) is 9.47 Å². The van der Waals surface area contributed by atoms with Gasteiger partial charge in [0.25, 0.3) is 0 Å². The Morgan fingerprint density at radius 3 is 2.25 bits per heavy atom. The smallest absolute Gasteiger partial charge is 0.410 e. The van der Waals surface area contributed by atoms with Gasteiger partial charge in [0.2, 0.25) is 0 Å². The second-order valence-electron chi connectivity index (χ2n) is 7.17. The van der Waals surface area contributed by atoms with Crippen LogP contribution < -0.4 is 0 Å². The molecule has 0 atom stereocenters. The highest BCUT2D eigenvalue weighted by molar-refractivity contribution is 5.68. The SMILES string of the molecule is CCC1CC(OC2CCN(C(=O)OC(C)(C)C)CC2)C1. The molecule has 1 saturated heterocycles. The summed E-state index contributed by atoms with van der Waals surface area (Å²) in [5.74, 6) is 0.877. The molecular formula is C16H29NO3. The first-order valence-corrected chi connectivity index (χ1v) is 8.00. The van der Waals surface area contributed by atoms with Crippen LogP contribution in [0.25, 0.3) is 0 Å². The highest BCUT2D eigenvalue weighted by Crippen LogP contribution is 2.34. The van der Waals surface area contributed by atoms with Crippen LogP contribution in [0, 0.1) is 5.92 Å². The summed E-state index contributed by atoms with van der Waals surface area (Å²) >= 11 is 0. The van der Waals surface area contributed by atoms with Gasteiger partial charge in [-0.05, 0) is 52.4 Å². The van der Waals surface area contributed by atoms with Gasteiger partial charge in [-0.2, -0.15) is 0 Å². The van der Waals surface area contributed by atoms with Crippen LogP contribution in [0.4, 0.5) is 4.79 Å². The number of hydrogen-bond acceptors (Lipinski definition) is 3. The molecule has 0 aromatic rings. The second kappa shape index (κ2) is 6.33.